The van der Waals surface area contributed by atoms with Crippen LogP contribution in [0.5, 0.6) is 0 Å². The predicted octanol–water partition coefficient (Wildman–Crippen LogP) is 7.39. The van der Waals surface area contributed by atoms with Crippen molar-refractivity contribution in [1.82, 2.24) is 0 Å². The summed E-state index contributed by atoms with van der Waals surface area (Å²) in [4.78, 5) is 12.5. The molecule has 0 radical (unpaired) electrons. The van der Waals surface area contributed by atoms with Crippen molar-refractivity contribution in [2.45, 2.75) is 26.9 Å². The standard InChI is InChI=1S/C21H19Cl3O3/c1-4-19(13(2)12-26-14(3)15-8-6-5-7-9-15)27-21(25)20-17(23)10-16(22)11-18(20)24/h4-12,14H,1-3H3/b13-12+,19-4-/t14-/m0/s1. The van der Waals surface area contributed by atoms with Crippen molar-refractivity contribution >= 4 is 40.8 Å². The summed E-state index contributed by atoms with van der Waals surface area (Å²) in [6.45, 7) is 5.48. The van der Waals surface area contributed by atoms with E-state index < -0.39 is 5.97 Å². The predicted molar refractivity (Wildman–Crippen MR) is 110 cm³/mol. The zero-order valence-corrected chi connectivity index (χ0v) is 17.4. The van der Waals surface area contributed by atoms with Crippen LogP contribution >= 0.6 is 34.8 Å². The molecule has 142 valence electrons. The van der Waals surface area contributed by atoms with Crippen molar-refractivity contribution in [3.05, 3.63) is 92.3 Å². The zero-order valence-electron chi connectivity index (χ0n) is 15.1. The van der Waals surface area contributed by atoms with Crippen LogP contribution < -0.4 is 0 Å². The summed E-state index contributed by atoms with van der Waals surface area (Å²) in [5, 5.41) is 0.597. The highest BCUT2D eigenvalue weighted by atomic mass is 35.5. The van der Waals surface area contributed by atoms with Crippen LogP contribution in [-0.4, -0.2) is 5.97 Å². The van der Waals surface area contributed by atoms with Crippen LogP contribution in [0.3, 0.4) is 0 Å². The highest BCUT2D eigenvalue weighted by molar-refractivity contribution is 6.41. The van der Waals surface area contributed by atoms with E-state index in [0.717, 1.165) is 5.56 Å². The van der Waals surface area contributed by atoms with Gasteiger partial charge in [-0.2, -0.15) is 0 Å². The van der Waals surface area contributed by atoms with Crippen molar-refractivity contribution in [2.24, 2.45) is 0 Å². The number of rotatable bonds is 6. The van der Waals surface area contributed by atoms with E-state index in [0.29, 0.717) is 16.4 Å². The molecular formula is C21H19Cl3O3. The SMILES string of the molecule is C/C=C(OC(=O)c1c(Cl)cc(Cl)cc1Cl)/C(C)=C/O[C@@H](C)c1ccccc1. The van der Waals surface area contributed by atoms with Gasteiger partial charge in [0.05, 0.1) is 21.9 Å². The molecule has 0 aliphatic heterocycles. The van der Waals surface area contributed by atoms with Crippen LogP contribution in [0, 0.1) is 0 Å². The van der Waals surface area contributed by atoms with Crippen LogP contribution in [0.1, 0.15) is 42.8 Å². The Morgan fingerprint density at radius 2 is 1.67 bits per heavy atom. The summed E-state index contributed by atoms with van der Waals surface area (Å²) in [6, 6.07) is 12.7. The van der Waals surface area contributed by atoms with E-state index in [-0.39, 0.29) is 21.7 Å². The summed E-state index contributed by atoms with van der Waals surface area (Å²) in [5.41, 5.74) is 1.75. The molecule has 0 aromatic heterocycles. The van der Waals surface area contributed by atoms with Gasteiger partial charge in [-0.15, -0.1) is 0 Å². The first kappa shape index (κ1) is 21.4. The summed E-state index contributed by atoms with van der Waals surface area (Å²) in [5.74, 6) is -0.319. The van der Waals surface area contributed by atoms with Gasteiger partial charge in [0.25, 0.3) is 0 Å². The maximum absolute atomic E-state index is 12.5. The number of esters is 1. The van der Waals surface area contributed by atoms with Gasteiger partial charge in [-0.25, -0.2) is 4.79 Å². The molecule has 0 aliphatic carbocycles. The molecule has 1 atom stereocenters. The number of ether oxygens (including phenoxy) is 2. The van der Waals surface area contributed by atoms with Crippen molar-refractivity contribution < 1.29 is 14.3 Å². The molecule has 27 heavy (non-hydrogen) atoms. The Balaban J connectivity index is 2.11. The normalized spacial score (nSPS) is 13.3. The lowest BCUT2D eigenvalue weighted by Gasteiger charge is -2.14. The Labute approximate surface area is 174 Å². The lowest BCUT2D eigenvalue weighted by molar-refractivity contribution is 0.0629. The van der Waals surface area contributed by atoms with Gasteiger partial charge >= 0.3 is 5.97 Å². The Morgan fingerprint density at radius 3 is 2.22 bits per heavy atom. The summed E-state index contributed by atoms with van der Waals surface area (Å²) in [6.07, 6.45) is 3.08. The molecule has 0 amide bonds. The first-order chi connectivity index (χ1) is 12.8. The average molecular weight is 426 g/mol. The van der Waals surface area contributed by atoms with E-state index >= 15 is 0 Å². The second kappa shape index (κ2) is 9.84. The van der Waals surface area contributed by atoms with Crippen molar-refractivity contribution in [2.75, 3.05) is 0 Å². The molecule has 0 saturated heterocycles. The van der Waals surface area contributed by atoms with Gasteiger partial charge < -0.3 is 9.47 Å². The van der Waals surface area contributed by atoms with E-state index in [1.165, 1.54) is 12.1 Å². The minimum Gasteiger partial charge on any atom is -0.493 e. The topological polar surface area (TPSA) is 35.5 Å². The summed E-state index contributed by atoms with van der Waals surface area (Å²) < 4.78 is 11.2. The Morgan fingerprint density at radius 1 is 1.07 bits per heavy atom. The molecule has 3 nitrogen and oxygen atoms in total. The van der Waals surface area contributed by atoms with Gasteiger partial charge in [-0.3, -0.25) is 0 Å². The monoisotopic (exact) mass is 424 g/mol. The molecule has 6 heteroatoms. The fourth-order valence-corrected chi connectivity index (χ4v) is 3.29. The van der Waals surface area contributed by atoms with E-state index in [1.54, 1.807) is 26.2 Å². The quantitative estimate of drug-likeness (QED) is 0.275. The average Bonchev–Trinajstić information content (AvgIpc) is 2.63. The molecule has 2 aromatic rings. The minimum atomic E-state index is -0.668. The van der Waals surface area contributed by atoms with E-state index in [1.807, 2.05) is 37.3 Å². The largest absolute Gasteiger partial charge is 0.493 e. The van der Waals surface area contributed by atoms with E-state index in [4.69, 9.17) is 44.3 Å². The molecule has 0 spiro atoms. The van der Waals surface area contributed by atoms with E-state index in [9.17, 15) is 4.79 Å². The highest BCUT2D eigenvalue weighted by Gasteiger charge is 2.19. The van der Waals surface area contributed by atoms with Crippen LogP contribution in [0.2, 0.25) is 15.1 Å². The number of carbonyl (C=O) groups excluding carboxylic acids is 1. The van der Waals surface area contributed by atoms with Crippen molar-refractivity contribution in [1.29, 1.82) is 0 Å². The fourth-order valence-electron chi connectivity index (χ4n) is 2.32. The van der Waals surface area contributed by atoms with Crippen LogP contribution in [0.15, 0.2) is 66.1 Å². The van der Waals surface area contributed by atoms with E-state index in [2.05, 4.69) is 0 Å². The Hall–Kier alpha value is -1.94. The number of hydrogen-bond donors (Lipinski definition) is 0. The Bertz CT molecular complexity index is 850. The van der Waals surface area contributed by atoms with Crippen LogP contribution in [-0.2, 0) is 9.47 Å². The third-order valence-electron chi connectivity index (χ3n) is 3.78. The zero-order chi connectivity index (χ0) is 20.0. The molecule has 0 bridgehead atoms. The van der Waals surface area contributed by atoms with Gasteiger partial charge in [0.1, 0.15) is 11.9 Å². The third kappa shape index (κ3) is 5.77. The molecule has 0 aliphatic rings. The molecule has 0 heterocycles. The van der Waals surface area contributed by atoms with Gasteiger partial charge in [0.15, 0.2) is 0 Å². The van der Waals surface area contributed by atoms with Crippen LogP contribution in [0.25, 0.3) is 0 Å². The second-order valence-corrected chi connectivity index (χ2v) is 7.03. The lowest BCUT2D eigenvalue weighted by atomic mass is 10.1. The maximum Gasteiger partial charge on any atom is 0.346 e. The third-order valence-corrected chi connectivity index (χ3v) is 4.60. The Kier molecular flexibility index (Phi) is 7.78. The molecule has 0 saturated carbocycles. The van der Waals surface area contributed by atoms with Crippen molar-refractivity contribution in [3.8, 4) is 0 Å². The molecule has 0 fully saturated rings. The maximum atomic E-state index is 12.5. The van der Waals surface area contributed by atoms with Gasteiger partial charge in [-0.1, -0.05) is 65.1 Å². The molecular weight excluding hydrogens is 407 g/mol. The first-order valence-corrected chi connectivity index (χ1v) is 9.37. The first-order valence-electron chi connectivity index (χ1n) is 8.24. The number of halogens is 3. The van der Waals surface area contributed by atoms with Gasteiger partial charge in [0.2, 0.25) is 0 Å². The fraction of sp³-hybridized carbons (Fsp3) is 0.190. The summed E-state index contributed by atoms with van der Waals surface area (Å²) >= 11 is 18.0. The number of benzene rings is 2. The number of allylic oxidation sites excluding steroid dienone is 2. The smallest absolute Gasteiger partial charge is 0.346 e. The summed E-state index contributed by atoms with van der Waals surface area (Å²) in [7, 11) is 0. The molecule has 0 N–H and O–H groups in total. The molecule has 0 unspecified atom stereocenters. The van der Waals surface area contributed by atoms with Gasteiger partial charge in [-0.05, 0) is 44.5 Å². The minimum absolute atomic E-state index is 0.0634. The van der Waals surface area contributed by atoms with Gasteiger partial charge in [0, 0.05) is 10.6 Å². The highest BCUT2D eigenvalue weighted by Crippen LogP contribution is 2.30. The number of carbonyl (C=O) groups is 1. The molecule has 2 rings (SSSR count). The number of hydrogen-bond acceptors (Lipinski definition) is 3. The second-order valence-electron chi connectivity index (χ2n) is 5.78. The van der Waals surface area contributed by atoms with Crippen molar-refractivity contribution in [3.63, 3.8) is 0 Å². The lowest BCUT2D eigenvalue weighted by Crippen LogP contribution is -2.08. The molecule has 2 aromatic carbocycles. The van der Waals surface area contributed by atoms with Crippen LogP contribution in [0.4, 0.5) is 0 Å².